The molecule has 5 nitrogen and oxygen atoms in total. The topological polar surface area (TPSA) is 58.6 Å². The van der Waals surface area contributed by atoms with Crippen LogP contribution in [0.3, 0.4) is 0 Å². The largest absolute Gasteiger partial charge is 0.489 e. The Morgan fingerprint density at radius 1 is 1.11 bits per heavy atom. The SMILES string of the molecule is CC(C)Oc1ccc(/C=C2\C(=O)NC(=S)N(c3ccccc3Cl)C2=O)cc1Cl. The van der Waals surface area contributed by atoms with Crippen LogP contribution in [0, 0.1) is 0 Å². The van der Waals surface area contributed by atoms with E-state index in [0.717, 1.165) is 0 Å². The van der Waals surface area contributed by atoms with Gasteiger partial charge in [-0.1, -0.05) is 41.4 Å². The van der Waals surface area contributed by atoms with Crippen LogP contribution in [0.15, 0.2) is 48.0 Å². The number of para-hydroxylation sites is 1. The molecule has 1 heterocycles. The fraction of sp³-hybridized carbons (Fsp3) is 0.150. The molecule has 0 spiro atoms. The van der Waals surface area contributed by atoms with Crippen LogP contribution in [0.4, 0.5) is 5.69 Å². The lowest BCUT2D eigenvalue weighted by atomic mass is 10.1. The van der Waals surface area contributed by atoms with Gasteiger partial charge in [0.05, 0.1) is 21.8 Å². The third-order valence-corrected chi connectivity index (χ3v) is 4.72. The predicted octanol–water partition coefficient (Wildman–Crippen LogP) is 4.61. The highest BCUT2D eigenvalue weighted by molar-refractivity contribution is 7.80. The first kappa shape index (κ1) is 20.3. The maximum Gasteiger partial charge on any atom is 0.270 e. The molecule has 28 heavy (non-hydrogen) atoms. The summed E-state index contributed by atoms with van der Waals surface area (Å²) in [6, 6.07) is 11.8. The zero-order valence-corrected chi connectivity index (χ0v) is 17.4. The molecule has 1 aliphatic heterocycles. The molecule has 3 rings (SSSR count). The molecule has 2 aromatic carbocycles. The number of rotatable bonds is 4. The Hall–Kier alpha value is -2.41. The smallest absolute Gasteiger partial charge is 0.270 e. The quantitative estimate of drug-likeness (QED) is 0.433. The third kappa shape index (κ3) is 4.19. The fourth-order valence-corrected chi connectivity index (χ4v) is 3.36. The number of anilines is 1. The number of carbonyl (C=O) groups is 2. The molecule has 1 aliphatic rings. The van der Waals surface area contributed by atoms with E-state index < -0.39 is 11.8 Å². The van der Waals surface area contributed by atoms with Crippen molar-refractivity contribution in [3.05, 3.63) is 63.6 Å². The number of thiocarbonyl (C=S) groups is 1. The Kier molecular flexibility index (Phi) is 6.03. The minimum atomic E-state index is -0.586. The number of hydrogen-bond acceptors (Lipinski definition) is 4. The van der Waals surface area contributed by atoms with Gasteiger partial charge in [-0.15, -0.1) is 0 Å². The van der Waals surface area contributed by atoms with Crippen molar-refractivity contribution < 1.29 is 14.3 Å². The number of ether oxygens (including phenoxy) is 1. The second-order valence-electron chi connectivity index (χ2n) is 6.27. The van der Waals surface area contributed by atoms with E-state index in [1.54, 1.807) is 42.5 Å². The van der Waals surface area contributed by atoms with Crippen LogP contribution in [-0.2, 0) is 9.59 Å². The van der Waals surface area contributed by atoms with E-state index in [-0.39, 0.29) is 16.8 Å². The molecular weight excluding hydrogens is 419 g/mol. The molecule has 1 saturated heterocycles. The summed E-state index contributed by atoms with van der Waals surface area (Å²) in [4.78, 5) is 26.6. The molecule has 0 radical (unpaired) electrons. The summed E-state index contributed by atoms with van der Waals surface area (Å²) in [7, 11) is 0. The van der Waals surface area contributed by atoms with Crippen molar-refractivity contribution in [2.45, 2.75) is 20.0 Å². The summed E-state index contributed by atoms with van der Waals surface area (Å²) in [6.45, 7) is 3.78. The highest BCUT2D eigenvalue weighted by atomic mass is 35.5. The maximum atomic E-state index is 13.0. The molecule has 0 aliphatic carbocycles. The number of nitrogens with zero attached hydrogens (tertiary/aromatic N) is 1. The van der Waals surface area contributed by atoms with Crippen molar-refractivity contribution in [2.75, 3.05) is 4.90 Å². The van der Waals surface area contributed by atoms with E-state index in [1.807, 2.05) is 13.8 Å². The van der Waals surface area contributed by atoms with Crippen molar-refractivity contribution in [1.29, 1.82) is 0 Å². The minimum Gasteiger partial charge on any atom is -0.489 e. The monoisotopic (exact) mass is 434 g/mol. The first-order valence-corrected chi connectivity index (χ1v) is 9.56. The van der Waals surface area contributed by atoms with Crippen LogP contribution in [0.2, 0.25) is 10.0 Å². The molecule has 0 aromatic heterocycles. The van der Waals surface area contributed by atoms with Gasteiger partial charge in [0.25, 0.3) is 11.8 Å². The Bertz CT molecular complexity index is 1000. The van der Waals surface area contributed by atoms with Crippen LogP contribution >= 0.6 is 35.4 Å². The van der Waals surface area contributed by atoms with E-state index in [4.69, 9.17) is 40.2 Å². The second-order valence-corrected chi connectivity index (χ2v) is 7.47. The van der Waals surface area contributed by atoms with Gasteiger partial charge in [0.1, 0.15) is 11.3 Å². The Morgan fingerprint density at radius 3 is 2.46 bits per heavy atom. The van der Waals surface area contributed by atoms with Crippen molar-refractivity contribution in [2.24, 2.45) is 0 Å². The van der Waals surface area contributed by atoms with Gasteiger partial charge in [-0.05, 0) is 62.0 Å². The Morgan fingerprint density at radius 2 is 1.82 bits per heavy atom. The number of amides is 2. The lowest BCUT2D eigenvalue weighted by molar-refractivity contribution is -0.122. The molecule has 0 atom stereocenters. The van der Waals surface area contributed by atoms with Gasteiger partial charge in [0.15, 0.2) is 5.11 Å². The van der Waals surface area contributed by atoms with Crippen LogP contribution < -0.4 is 15.0 Å². The molecule has 0 saturated carbocycles. The normalized spacial score (nSPS) is 16.0. The molecule has 0 bridgehead atoms. The van der Waals surface area contributed by atoms with Gasteiger partial charge in [0, 0.05) is 0 Å². The van der Waals surface area contributed by atoms with Crippen molar-refractivity contribution in [3.63, 3.8) is 0 Å². The first-order chi connectivity index (χ1) is 13.3. The average molecular weight is 435 g/mol. The number of benzene rings is 2. The average Bonchev–Trinajstić information content (AvgIpc) is 2.62. The van der Waals surface area contributed by atoms with Gasteiger partial charge < -0.3 is 4.74 Å². The van der Waals surface area contributed by atoms with E-state index >= 15 is 0 Å². The van der Waals surface area contributed by atoms with Crippen molar-refractivity contribution in [1.82, 2.24) is 5.32 Å². The molecular formula is C20H16Cl2N2O3S. The number of hydrogen-bond donors (Lipinski definition) is 1. The zero-order chi connectivity index (χ0) is 20.4. The standard InChI is InChI=1S/C20H16Cl2N2O3S/c1-11(2)27-17-8-7-12(10-15(17)22)9-13-18(25)23-20(28)24(19(13)26)16-6-4-3-5-14(16)21/h3-11H,1-2H3,(H,23,25,28)/b13-9+. The molecule has 1 N–H and O–H groups in total. The second kappa shape index (κ2) is 8.31. The summed E-state index contributed by atoms with van der Waals surface area (Å²) < 4.78 is 5.60. The molecule has 0 unspecified atom stereocenters. The van der Waals surface area contributed by atoms with E-state index in [1.165, 1.54) is 11.0 Å². The molecule has 144 valence electrons. The summed E-state index contributed by atoms with van der Waals surface area (Å²) >= 11 is 17.6. The van der Waals surface area contributed by atoms with Crippen molar-refractivity contribution >= 4 is 64.1 Å². The molecule has 2 aromatic rings. The third-order valence-electron chi connectivity index (χ3n) is 3.82. The molecule has 2 amide bonds. The molecule has 1 fully saturated rings. The lowest BCUT2D eigenvalue weighted by Crippen LogP contribution is -2.54. The maximum absolute atomic E-state index is 13.0. The highest BCUT2D eigenvalue weighted by Crippen LogP contribution is 2.30. The van der Waals surface area contributed by atoms with Gasteiger partial charge in [-0.2, -0.15) is 0 Å². The summed E-state index contributed by atoms with van der Waals surface area (Å²) in [5.41, 5.74) is 0.887. The Balaban J connectivity index is 1.98. The van der Waals surface area contributed by atoms with Crippen LogP contribution in [0.25, 0.3) is 6.08 Å². The van der Waals surface area contributed by atoms with Gasteiger partial charge in [-0.25, -0.2) is 0 Å². The van der Waals surface area contributed by atoms with E-state index in [9.17, 15) is 9.59 Å². The summed E-state index contributed by atoms with van der Waals surface area (Å²) in [5.74, 6) is -0.630. The van der Waals surface area contributed by atoms with Gasteiger partial charge in [-0.3, -0.25) is 19.8 Å². The van der Waals surface area contributed by atoms with Gasteiger partial charge >= 0.3 is 0 Å². The van der Waals surface area contributed by atoms with E-state index in [2.05, 4.69) is 5.32 Å². The number of carbonyl (C=O) groups excluding carboxylic acids is 2. The number of halogens is 2. The van der Waals surface area contributed by atoms with Crippen molar-refractivity contribution in [3.8, 4) is 5.75 Å². The summed E-state index contributed by atoms with van der Waals surface area (Å²) in [6.07, 6.45) is 1.42. The first-order valence-electron chi connectivity index (χ1n) is 8.40. The van der Waals surface area contributed by atoms with Crippen LogP contribution in [0.5, 0.6) is 5.75 Å². The van der Waals surface area contributed by atoms with Gasteiger partial charge in [0.2, 0.25) is 0 Å². The minimum absolute atomic E-state index is 0.0287. The Labute approximate surface area is 177 Å². The summed E-state index contributed by atoms with van der Waals surface area (Å²) in [5, 5.41) is 3.21. The van der Waals surface area contributed by atoms with E-state index in [0.29, 0.717) is 27.0 Å². The fourth-order valence-electron chi connectivity index (χ4n) is 2.63. The zero-order valence-electron chi connectivity index (χ0n) is 15.0. The highest BCUT2D eigenvalue weighted by Gasteiger charge is 2.35. The predicted molar refractivity (Wildman–Crippen MR) is 115 cm³/mol. The van der Waals surface area contributed by atoms with Crippen LogP contribution in [0.1, 0.15) is 19.4 Å². The number of nitrogens with one attached hydrogen (secondary N) is 1. The molecule has 8 heteroatoms. The lowest BCUT2D eigenvalue weighted by Gasteiger charge is -2.29. The van der Waals surface area contributed by atoms with Crippen LogP contribution in [-0.4, -0.2) is 23.0 Å².